The highest BCUT2D eigenvalue weighted by atomic mass is 16.6. The van der Waals surface area contributed by atoms with Crippen molar-refractivity contribution in [2.24, 2.45) is 0 Å². The van der Waals surface area contributed by atoms with Crippen LogP contribution in [0.4, 0.5) is 5.69 Å². The Morgan fingerprint density at radius 1 is 1.13 bits per heavy atom. The van der Waals surface area contributed by atoms with E-state index in [0.717, 1.165) is 0 Å². The molecule has 2 rings (SSSR count). The fourth-order valence-electron chi connectivity index (χ4n) is 1.91. The van der Waals surface area contributed by atoms with E-state index in [-0.39, 0.29) is 23.0 Å². The molecule has 0 unspecified atom stereocenters. The zero-order valence-electron chi connectivity index (χ0n) is 12.6. The third kappa shape index (κ3) is 4.08. The van der Waals surface area contributed by atoms with Gasteiger partial charge in [0.1, 0.15) is 0 Å². The van der Waals surface area contributed by atoms with Crippen molar-refractivity contribution in [3.05, 3.63) is 53.6 Å². The number of methoxy groups -OCH3 is 1. The minimum atomic E-state index is -0.597. The predicted octanol–water partition coefficient (Wildman–Crippen LogP) is 2.74. The second kappa shape index (κ2) is 7.09. The first kappa shape index (κ1) is 16.0. The van der Waals surface area contributed by atoms with E-state index >= 15 is 0 Å². The highest BCUT2D eigenvalue weighted by Gasteiger charge is 2.13. The molecule has 0 aromatic heterocycles. The second-order valence-electron chi connectivity index (χ2n) is 4.63. The highest BCUT2D eigenvalue weighted by molar-refractivity contribution is 5.94. The molecule has 0 aliphatic heterocycles. The van der Waals surface area contributed by atoms with Gasteiger partial charge in [0.15, 0.2) is 11.5 Å². The topological polar surface area (TPSA) is 88.4 Å². The van der Waals surface area contributed by atoms with Crippen LogP contribution in [0.5, 0.6) is 11.5 Å². The average Bonchev–Trinajstić information content (AvgIpc) is 2.54. The Morgan fingerprint density at radius 2 is 1.91 bits per heavy atom. The van der Waals surface area contributed by atoms with Crippen molar-refractivity contribution in [3.8, 4) is 17.6 Å². The highest BCUT2D eigenvalue weighted by Crippen LogP contribution is 2.28. The molecule has 0 radical (unpaired) electrons. The molecule has 0 atom stereocenters. The van der Waals surface area contributed by atoms with Crippen molar-refractivity contribution in [2.75, 3.05) is 12.4 Å². The molecule has 2 aromatic carbocycles. The number of esters is 1. The number of nitriles is 1. The quantitative estimate of drug-likeness (QED) is 0.693. The Labute approximate surface area is 133 Å². The molecule has 0 spiro atoms. The molecule has 116 valence electrons. The summed E-state index contributed by atoms with van der Waals surface area (Å²) in [6, 6.07) is 12.9. The summed E-state index contributed by atoms with van der Waals surface area (Å²) in [7, 11) is 1.42. The summed E-state index contributed by atoms with van der Waals surface area (Å²) < 4.78 is 10.4. The Hall–Kier alpha value is -3.33. The molecule has 0 saturated heterocycles. The van der Waals surface area contributed by atoms with Crippen LogP contribution in [0.15, 0.2) is 42.5 Å². The van der Waals surface area contributed by atoms with Crippen molar-refractivity contribution >= 4 is 17.6 Å². The Kier molecular flexibility index (Phi) is 4.95. The van der Waals surface area contributed by atoms with Crippen LogP contribution in [0.2, 0.25) is 0 Å². The van der Waals surface area contributed by atoms with Crippen LogP contribution in [0, 0.1) is 11.3 Å². The van der Waals surface area contributed by atoms with Gasteiger partial charge in [0.2, 0.25) is 5.91 Å². The van der Waals surface area contributed by atoms with E-state index in [0.29, 0.717) is 11.3 Å². The van der Waals surface area contributed by atoms with Gasteiger partial charge >= 0.3 is 5.97 Å². The SMILES string of the molecule is COc1cc(C#N)ccc1OC(=O)c1cccc(NC(C)=O)c1. The fraction of sp³-hybridized carbons (Fsp3) is 0.118. The molecule has 6 heteroatoms. The molecule has 1 amide bonds. The molecule has 1 N–H and O–H groups in total. The lowest BCUT2D eigenvalue weighted by Gasteiger charge is -2.10. The third-order valence-corrected chi connectivity index (χ3v) is 2.91. The number of rotatable bonds is 4. The lowest BCUT2D eigenvalue weighted by Crippen LogP contribution is -2.11. The minimum absolute atomic E-state index is 0.210. The van der Waals surface area contributed by atoms with Crippen LogP contribution < -0.4 is 14.8 Å². The fourth-order valence-corrected chi connectivity index (χ4v) is 1.91. The smallest absolute Gasteiger partial charge is 0.343 e. The molecule has 23 heavy (non-hydrogen) atoms. The maximum Gasteiger partial charge on any atom is 0.343 e. The number of hydrogen-bond donors (Lipinski definition) is 1. The molecular weight excluding hydrogens is 296 g/mol. The number of carbonyl (C=O) groups is 2. The summed E-state index contributed by atoms with van der Waals surface area (Å²) in [6.45, 7) is 1.38. The number of nitrogens with zero attached hydrogens (tertiary/aromatic N) is 1. The van der Waals surface area contributed by atoms with Crippen LogP contribution in [-0.4, -0.2) is 19.0 Å². The maximum absolute atomic E-state index is 12.2. The van der Waals surface area contributed by atoms with Gasteiger partial charge in [-0.15, -0.1) is 0 Å². The zero-order valence-corrected chi connectivity index (χ0v) is 12.6. The average molecular weight is 310 g/mol. The summed E-state index contributed by atoms with van der Waals surface area (Å²) in [5.41, 5.74) is 1.18. The first-order valence-corrected chi connectivity index (χ1v) is 6.71. The van der Waals surface area contributed by atoms with E-state index in [2.05, 4.69) is 5.32 Å². The number of benzene rings is 2. The Bertz CT molecular complexity index is 793. The van der Waals surface area contributed by atoms with Gasteiger partial charge in [-0.2, -0.15) is 5.26 Å². The van der Waals surface area contributed by atoms with E-state index in [9.17, 15) is 9.59 Å². The number of nitrogens with one attached hydrogen (secondary N) is 1. The second-order valence-corrected chi connectivity index (χ2v) is 4.63. The zero-order chi connectivity index (χ0) is 16.8. The van der Waals surface area contributed by atoms with Crippen molar-refractivity contribution in [2.45, 2.75) is 6.92 Å². The van der Waals surface area contributed by atoms with Crippen molar-refractivity contribution < 1.29 is 19.1 Å². The summed E-state index contributed by atoms with van der Waals surface area (Å²) in [5.74, 6) is -0.332. The number of amides is 1. The Balaban J connectivity index is 2.22. The van der Waals surface area contributed by atoms with Crippen LogP contribution in [0.25, 0.3) is 0 Å². The summed E-state index contributed by atoms with van der Waals surface area (Å²) in [6.07, 6.45) is 0. The molecule has 0 heterocycles. The number of ether oxygens (including phenoxy) is 2. The molecule has 0 saturated carbocycles. The number of anilines is 1. The third-order valence-electron chi connectivity index (χ3n) is 2.91. The largest absolute Gasteiger partial charge is 0.493 e. The molecule has 0 aliphatic carbocycles. The van der Waals surface area contributed by atoms with Crippen LogP contribution >= 0.6 is 0 Å². The van der Waals surface area contributed by atoms with Gasteiger partial charge in [0, 0.05) is 18.7 Å². The molecule has 0 bridgehead atoms. The first-order chi connectivity index (χ1) is 11.0. The normalized spacial score (nSPS) is 9.61. The van der Waals surface area contributed by atoms with Crippen molar-refractivity contribution in [1.82, 2.24) is 0 Å². The standard InChI is InChI=1S/C17H14N2O4/c1-11(20)19-14-5-3-4-13(9-14)17(21)23-15-7-6-12(10-18)8-16(15)22-2/h3-9H,1-2H3,(H,19,20). The number of hydrogen-bond acceptors (Lipinski definition) is 5. The van der Waals surface area contributed by atoms with Crippen molar-refractivity contribution in [3.63, 3.8) is 0 Å². The summed E-state index contributed by atoms with van der Waals surface area (Å²) in [4.78, 5) is 23.3. The van der Waals surface area contributed by atoms with E-state index in [1.54, 1.807) is 18.2 Å². The summed E-state index contributed by atoms with van der Waals surface area (Å²) >= 11 is 0. The van der Waals surface area contributed by atoms with Gasteiger partial charge in [-0.05, 0) is 30.3 Å². The van der Waals surface area contributed by atoms with Gasteiger partial charge < -0.3 is 14.8 Å². The predicted molar refractivity (Wildman–Crippen MR) is 83.4 cm³/mol. The van der Waals surface area contributed by atoms with E-state index in [1.165, 1.54) is 38.3 Å². The first-order valence-electron chi connectivity index (χ1n) is 6.71. The van der Waals surface area contributed by atoms with Gasteiger partial charge in [-0.3, -0.25) is 4.79 Å². The molecule has 0 fully saturated rings. The maximum atomic E-state index is 12.2. The van der Waals surface area contributed by atoms with Gasteiger partial charge in [-0.1, -0.05) is 6.07 Å². The minimum Gasteiger partial charge on any atom is -0.493 e. The van der Waals surface area contributed by atoms with E-state index in [4.69, 9.17) is 14.7 Å². The molecule has 0 aliphatic rings. The van der Waals surface area contributed by atoms with Crippen molar-refractivity contribution in [1.29, 1.82) is 5.26 Å². The monoisotopic (exact) mass is 310 g/mol. The lowest BCUT2D eigenvalue weighted by molar-refractivity contribution is -0.114. The number of carbonyl (C=O) groups excluding carboxylic acids is 2. The van der Waals surface area contributed by atoms with Gasteiger partial charge in [0.05, 0.1) is 24.3 Å². The van der Waals surface area contributed by atoms with Gasteiger partial charge in [-0.25, -0.2) is 4.79 Å². The van der Waals surface area contributed by atoms with E-state index in [1.807, 2.05) is 6.07 Å². The lowest BCUT2D eigenvalue weighted by atomic mass is 10.2. The molecular formula is C17H14N2O4. The van der Waals surface area contributed by atoms with Crippen LogP contribution in [0.1, 0.15) is 22.8 Å². The van der Waals surface area contributed by atoms with Crippen LogP contribution in [0.3, 0.4) is 0 Å². The van der Waals surface area contributed by atoms with E-state index < -0.39 is 5.97 Å². The van der Waals surface area contributed by atoms with Gasteiger partial charge in [0.25, 0.3) is 0 Å². The summed E-state index contributed by atoms with van der Waals surface area (Å²) in [5, 5.41) is 11.5. The molecule has 6 nitrogen and oxygen atoms in total. The Morgan fingerprint density at radius 3 is 2.57 bits per heavy atom. The van der Waals surface area contributed by atoms with Crippen LogP contribution in [-0.2, 0) is 4.79 Å². The molecule has 2 aromatic rings.